The fourth-order valence-electron chi connectivity index (χ4n) is 1.06. The molecule has 0 saturated carbocycles. The van der Waals surface area contributed by atoms with Crippen LogP contribution in [0.15, 0.2) is 18.2 Å². The van der Waals surface area contributed by atoms with Crippen molar-refractivity contribution in [3.05, 3.63) is 29.3 Å². The predicted octanol–water partition coefficient (Wildman–Crippen LogP) is 3.22. The third-order valence-electron chi connectivity index (χ3n) is 1.66. The number of halogens is 5. The molecule has 17 heavy (non-hydrogen) atoms. The summed E-state index contributed by atoms with van der Waals surface area (Å²) in [5.41, 5.74) is -1.56. The van der Waals surface area contributed by atoms with Gasteiger partial charge in [0.1, 0.15) is 5.75 Å². The minimum Gasteiger partial charge on any atom is -0.478 e. The van der Waals surface area contributed by atoms with E-state index in [1.807, 2.05) is 0 Å². The van der Waals surface area contributed by atoms with Crippen LogP contribution in [0.5, 0.6) is 5.75 Å². The summed E-state index contributed by atoms with van der Waals surface area (Å²) in [6, 6.07) is 1.53. The first kappa shape index (κ1) is 13.2. The summed E-state index contributed by atoms with van der Waals surface area (Å²) in [6.07, 6.45) is -8.17. The second kappa shape index (κ2) is 4.56. The van der Waals surface area contributed by atoms with Crippen LogP contribution in [0.3, 0.4) is 0 Å². The molecule has 1 aromatic carbocycles. The SMILES string of the molecule is O=C(O)c1cc(OC(F)(F)F)cc(C(F)F)c1. The van der Waals surface area contributed by atoms with Crippen LogP contribution in [0.1, 0.15) is 22.3 Å². The normalized spacial score (nSPS) is 11.6. The van der Waals surface area contributed by atoms with Crippen LogP contribution in [0.2, 0.25) is 0 Å². The van der Waals surface area contributed by atoms with Crippen LogP contribution >= 0.6 is 0 Å². The summed E-state index contributed by atoms with van der Waals surface area (Å²) in [4.78, 5) is 10.5. The van der Waals surface area contributed by atoms with Gasteiger partial charge in [0, 0.05) is 5.56 Å². The molecule has 0 atom stereocenters. The molecule has 0 saturated heterocycles. The zero-order valence-electron chi connectivity index (χ0n) is 7.96. The third-order valence-corrected chi connectivity index (χ3v) is 1.66. The molecule has 0 aliphatic heterocycles. The molecule has 0 unspecified atom stereocenters. The fourth-order valence-corrected chi connectivity index (χ4v) is 1.06. The molecule has 0 bridgehead atoms. The lowest BCUT2D eigenvalue weighted by atomic mass is 10.1. The molecule has 8 heteroatoms. The van der Waals surface area contributed by atoms with Crippen molar-refractivity contribution in [1.29, 1.82) is 0 Å². The molecule has 0 aromatic heterocycles. The predicted molar refractivity (Wildman–Crippen MR) is 45.0 cm³/mol. The zero-order valence-corrected chi connectivity index (χ0v) is 7.96. The summed E-state index contributed by atoms with van der Waals surface area (Å²) in [7, 11) is 0. The van der Waals surface area contributed by atoms with Crippen LogP contribution in [0, 0.1) is 0 Å². The van der Waals surface area contributed by atoms with E-state index in [0.29, 0.717) is 18.2 Å². The minimum atomic E-state index is -5.07. The van der Waals surface area contributed by atoms with Crippen LogP contribution in [0.25, 0.3) is 0 Å². The lowest BCUT2D eigenvalue weighted by Gasteiger charge is -2.11. The Hall–Kier alpha value is -1.86. The van der Waals surface area contributed by atoms with E-state index < -0.39 is 35.6 Å². The highest BCUT2D eigenvalue weighted by Gasteiger charge is 2.31. The molecule has 1 rings (SSSR count). The van der Waals surface area contributed by atoms with Crippen molar-refractivity contribution < 1.29 is 36.6 Å². The van der Waals surface area contributed by atoms with Gasteiger partial charge < -0.3 is 9.84 Å². The Morgan fingerprint density at radius 1 is 1.24 bits per heavy atom. The highest BCUT2D eigenvalue weighted by molar-refractivity contribution is 5.88. The van der Waals surface area contributed by atoms with Crippen molar-refractivity contribution in [2.24, 2.45) is 0 Å². The number of carbonyl (C=O) groups is 1. The molecule has 1 aromatic rings. The second-order valence-corrected chi connectivity index (χ2v) is 2.94. The Morgan fingerprint density at radius 2 is 1.82 bits per heavy atom. The van der Waals surface area contributed by atoms with Gasteiger partial charge in [-0.1, -0.05) is 0 Å². The molecule has 0 fully saturated rings. The van der Waals surface area contributed by atoms with Crippen molar-refractivity contribution in [2.75, 3.05) is 0 Å². The molecule has 0 amide bonds. The largest absolute Gasteiger partial charge is 0.573 e. The maximum atomic E-state index is 12.3. The number of carboxylic acid groups (broad SMARTS) is 1. The number of benzene rings is 1. The van der Waals surface area contributed by atoms with Gasteiger partial charge in [0.2, 0.25) is 0 Å². The Kier molecular flexibility index (Phi) is 3.54. The minimum absolute atomic E-state index is 0.435. The lowest BCUT2D eigenvalue weighted by molar-refractivity contribution is -0.274. The standard InChI is InChI=1S/C9H5F5O3/c10-7(11)4-1-5(8(15)16)3-6(2-4)17-9(12,13)14/h1-3,7H,(H,15,16). The highest BCUT2D eigenvalue weighted by Crippen LogP contribution is 2.29. The first-order chi connectivity index (χ1) is 7.69. The van der Waals surface area contributed by atoms with Gasteiger partial charge in [0.25, 0.3) is 6.43 Å². The number of ether oxygens (including phenoxy) is 1. The van der Waals surface area contributed by atoms with Crippen molar-refractivity contribution in [2.45, 2.75) is 12.8 Å². The van der Waals surface area contributed by atoms with Gasteiger partial charge in [0.15, 0.2) is 0 Å². The van der Waals surface area contributed by atoms with Crippen molar-refractivity contribution in [3.63, 3.8) is 0 Å². The maximum Gasteiger partial charge on any atom is 0.573 e. The number of aromatic carboxylic acids is 1. The monoisotopic (exact) mass is 256 g/mol. The quantitative estimate of drug-likeness (QED) is 0.844. The van der Waals surface area contributed by atoms with Gasteiger partial charge in [-0.3, -0.25) is 0 Å². The smallest absolute Gasteiger partial charge is 0.478 e. The van der Waals surface area contributed by atoms with E-state index in [9.17, 15) is 26.7 Å². The summed E-state index contributed by atoms with van der Waals surface area (Å²) < 4.78 is 63.5. The second-order valence-electron chi connectivity index (χ2n) is 2.94. The molecule has 0 aliphatic carbocycles. The van der Waals surface area contributed by atoms with Gasteiger partial charge in [-0.25, -0.2) is 13.6 Å². The van der Waals surface area contributed by atoms with E-state index in [1.165, 1.54) is 0 Å². The average Bonchev–Trinajstić information content (AvgIpc) is 2.14. The number of hydrogen-bond acceptors (Lipinski definition) is 2. The van der Waals surface area contributed by atoms with Gasteiger partial charge in [-0.15, -0.1) is 13.2 Å². The molecule has 0 spiro atoms. The van der Waals surface area contributed by atoms with E-state index in [4.69, 9.17) is 5.11 Å². The third kappa shape index (κ3) is 3.89. The first-order valence-electron chi connectivity index (χ1n) is 4.11. The zero-order chi connectivity index (χ0) is 13.2. The van der Waals surface area contributed by atoms with Gasteiger partial charge in [-0.05, 0) is 18.2 Å². The average molecular weight is 256 g/mol. The van der Waals surface area contributed by atoms with Crippen LogP contribution in [0.4, 0.5) is 22.0 Å². The van der Waals surface area contributed by atoms with E-state index in [1.54, 1.807) is 0 Å². The van der Waals surface area contributed by atoms with E-state index in [2.05, 4.69) is 4.74 Å². The summed E-state index contributed by atoms with van der Waals surface area (Å²) in [5, 5.41) is 8.53. The summed E-state index contributed by atoms with van der Waals surface area (Å²) in [5.74, 6) is -2.62. The molecule has 0 radical (unpaired) electrons. The molecular weight excluding hydrogens is 251 g/mol. The van der Waals surface area contributed by atoms with Crippen molar-refractivity contribution in [1.82, 2.24) is 0 Å². The maximum absolute atomic E-state index is 12.3. The Morgan fingerprint density at radius 3 is 2.24 bits per heavy atom. The Labute approximate surface area is 91.4 Å². The summed E-state index contributed by atoms with van der Waals surface area (Å²) >= 11 is 0. The molecule has 94 valence electrons. The number of carboxylic acids is 1. The van der Waals surface area contributed by atoms with Crippen LogP contribution < -0.4 is 4.74 Å². The van der Waals surface area contributed by atoms with Crippen molar-refractivity contribution in [3.8, 4) is 5.75 Å². The molecule has 0 heterocycles. The van der Waals surface area contributed by atoms with E-state index in [0.717, 1.165) is 0 Å². The number of rotatable bonds is 3. The number of alkyl halides is 5. The Bertz CT molecular complexity index is 427. The van der Waals surface area contributed by atoms with Gasteiger partial charge >= 0.3 is 12.3 Å². The van der Waals surface area contributed by atoms with Gasteiger partial charge in [-0.2, -0.15) is 0 Å². The molecule has 1 N–H and O–H groups in total. The lowest BCUT2D eigenvalue weighted by Crippen LogP contribution is -2.17. The van der Waals surface area contributed by atoms with Crippen LogP contribution in [-0.4, -0.2) is 17.4 Å². The van der Waals surface area contributed by atoms with Gasteiger partial charge in [0.05, 0.1) is 5.56 Å². The number of hydrogen-bond donors (Lipinski definition) is 1. The highest BCUT2D eigenvalue weighted by atomic mass is 19.4. The fraction of sp³-hybridized carbons (Fsp3) is 0.222. The molecule has 3 nitrogen and oxygen atoms in total. The Balaban J connectivity index is 3.17. The molecule has 0 aliphatic rings. The first-order valence-corrected chi connectivity index (χ1v) is 4.11. The molecular formula is C9H5F5O3. The van der Waals surface area contributed by atoms with Crippen LogP contribution in [-0.2, 0) is 0 Å². The van der Waals surface area contributed by atoms with E-state index in [-0.39, 0.29) is 0 Å². The summed E-state index contributed by atoms with van der Waals surface area (Å²) in [6.45, 7) is 0. The van der Waals surface area contributed by atoms with Crippen molar-refractivity contribution >= 4 is 5.97 Å². The van der Waals surface area contributed by atoms with E-state index >= 15 is 0 Å². The topological polar surface area (TPSA) is 46.5 Å².